The molecule has 0 radical (unpaired) electrons. The Balaban J connectivity index is 1.86. The summed E-state index contributed by atoms with van der Waals surface area (Å²) >= 11 is 0. The number of rotatable bonds is 4. The largest absolute Gasteiger partial charge is 0.449 e. The van der Waals surface area contributed by atoms with E-state index < -0.39 is 0 Å². The van der Waals surface area contributed by atoms with Crippen LogP contribution in [0.2, 0.25) is 0 Å². The molecule has 3 aromatic rings. The van der Waals surface area contributed by atoms with Gasteiger partial charge in [0.1, 0.15) is 5.82 Å². The Bertz CT molecular complexity index is 746. The number of anilines is 1. The molecule has 2 aromatic carbocycles. The molecule has 0 saturated heterocycles. The molecule has 3 nitrogen and oxygen atoms in total. The molecule has 0 unspecified atom stereocenters. The molecule has 0 aliphatic rings. The van der Waals surface area contributed by atoms with Crippen LogP contribution in [-0.2, 0) is 6.54 Å². The molecule has 0 aliphatic carbocycles. The van der Waals surface area contributed by atoms with E-state index in [4.69, 9.17) is 4.98 Å². The van der Waals surface area contributed by atoms with E-state index >= 15 is 0 Å². The molecule has 1 aromatic heterocycles. The van der Waals surface area contributed by atoms with Gasteiger partial charge in [-0.3, -0.25) is 0 Å². The first kappa shape index (κ1) is 13.6. The van der Waals surface area contributed by atoms with Crippen LogP contribution in [0.4, 0.5) is 5.82 Å². The van der Waals surface area contributed by atoms with Gasteiger partial charge in [0.2, 0.25) is 0 Å². The van der Waals surface area contributed by atoms with Crippen LogP contribution < -0.4 is 10.4 Å². The smallest absolute Gasteiger partial charge is 0.304 e. The number of aromatic nitrogens is 1. The number of hydrogen-bond acceptors (Lipinski definition) is 3. The minimum absolute atomic E-state index is 0.0611. The van der Waals surface area contributed by atoms with Gasteiger partial charge >= 0.3 is 7.48 Å². The molecule has 21 heavy (non-hydrogen) atoms. The summed E-state index contributed by atoms with van der Waals surface area (Å²) in [5.41, 5.74) is 3.12. The second-order valence-electron chi connectivity index (χ2n) is 5.20. The minimum Gasteiger partial charge on any atom is -0.449 e. The summed E-state index contributed by atoms with van der Waals surface area (Å²) in [6.07, 6.45) is 0. The minimum atomic E-state index is 0.0611. The van der Waals surface area contributed by atoms with Gasteiger partial charge in [0.15, 0.2) is 0 Å². The van der Waals surface area contributed by atoms with Crippen molar-refractivity contribution in [3.63, 3.8) is 0 Å². The van der Waals surface area contributed by atoms with Crippen LogP contribution >= 0.6 is 0 Å². The maximum absolute atomic E-state index is 9.18. The lowest BCUT2D eigenvalue weighted by Gasteiger charge is -2.18. The standard InChI is InChI=1S/C17H17BN2O/c1-20(12-13-5-3-2-4-6-13)17-10-7-14-11-15(18-21)8-9-16(14)19-17/h2-11,18,21H,12H2,1H3. The van der Waals surface area contributed by atoms with E-state index in [0.29, 0.717) is 0 Å². The fraction of sp³-hybridized carbons (Fsp3) is 0.118. The normalized spacial score (nSPS) is 10.6. The van der Waals surface area contributed by atoms with Crippen molar-refractivity contribution in [2.24, 2.45) is 0 Å². The predicted molar refractivity (Wildman–Crippen MR) is 89.3 cm³/mol. The Hall–Kier alpha value is -2.33. The van der Waals surface area contributed by atoms with Crippen LogP contribution in [0.1, 0.15) is 5.56 Å². The quantitative estimate of drug-likeness (QED) is 0.739. The Morgan fingerprint density at radius 1 is 1.05 bits per heavy atom. The van der Waals surface area contributed by atoms with Gasteiger partial charge in [0, 0.05) is 13.6 Å². The molecule has 0 saturated carbocycles. The highest BCUT2D eigenvalue weighted by Crippen LogP contribution is 2.18. The summed E-state index contributed by atoms with van der Waals surface area (Å²) in [5, 5.41) is 10.2. The zero-order valence-corrected chi connectivity index (χ0v) is 12.0. The lowest BCUT2D eigenvalue weighted by molar-refractivity contribution is 0.615. The van der Waals surface area contributed by atoms with Crippen LogP contribution in [0.15, 0.2) is 60.7 Å². The van der Waals surface area contributed by atoms with Crippen molar-refractivity contribution in [1.29, 1.82) is 0 Å². The second kappa shape index (κ2) is 5.98. The van der Waals surface area contributed by atoms with Crippen LogP contribution in [0.5, 0.6) is 0 Å². The highest BCUT2D eigenvalue weighted by Gasteiger charge is 2.05. The van der Waals surface area contributed by atoms with Crippen molar-refractivity contribution in [3.8, 4) is 0 Å². The molecule has 0 spiro atoms. The van der Waals surface area contributed by atoms with Crippen molar-refractivity contribution in [2.45, 2.75) is 6.54 Å². The average molecular weight is 276 g/mol. The molecule has 0 aliphatic heterocycles. The number of nitrogens with zero attached hydrogens (tertiary/aromatic N) is 2. The summed E-state index contributed by atoms with van der Waals surface area (Å²) < 4.78 is 0. The Labute approximate surface area is 125 Å². The molecule has 0 fully saturated rings. The average Bonchev–Trinajstić information content (AvgIpc) is 2.54. The van der Waals surface area contributed by atoms with Crippen molar-refractivity contribution in [2.75, 3.05) is 11.9 Å². The molecule has 0 atom stereocenters. The molecule has 1 N–H and O–H groups in total. The fourth-order valence-electron chi connectivity index (χ4n) is 2.41. The summed E-state index contributed by atoms with van der Waals surface area (Å²) in [5.74, 6) is 0.947. The highest BCUT2D eigenvalue weighted by molar-refractivity contribution is 6.45. The molecule has 104 valence electrons. The van der Waals surface area contributed by atoms with E-state index in [-0.39, 0.29) is 7.48 Å². The number of fused-ring (bicyclic) bond motifs is 1. The maximum Gasteiger partial charge on any atom is 0.304 e. The molecular formula is C17H17BN2O. The van der Waals surface area contributed by atoms with E-state index in [9.17, 15) is 5.02 Å². The first-order valence-corrected chi connectivity index (χ1v) is 7.02. The first-order chi connectivity index (χ1) is 10.3. The van der Waals surface area contributed by atoms with Gasteiger partial charge in [0.05, 0.1) is 5.52 Å². The second-order valence-corrected chi connectivity index (χ2v) is 5.20. The van der Waals surface area contributed by atoms with Crippen LogP contribution in [0, 0.1) is 0 Å². The summed E-state index contributed by atoms with van der Waals surface area (Å²) in [4.78, 5) is 6.82. The summed E-state index contributed by atoms with van der Waals surface area (Å²) in [7, 11) is 2.11. The van der Waals surface area contributed by atoms with Gasteiger partial charge in [0.25, 0.3) is 0 Å². The number of pyridine rings is 1. The van der Waals surface area contributed by atoms with Crippen LogP contribution in [0.25, 0.3) is 10.9 Å². The van der Waals surface area contributed by atoms with E-state index in [1.54, 1.807) is 0 Å². The lowest BCUT2D eigenvalue weighted by Crippen LogP contribution is -2.18. The van der Waals surface area contributed by atoms with Gasteiger partial charge in [-0.25, -0.2) is 4.98 Å². The Morgan fingerprint density at radius 3 is 2.62 bits per heavy atom. The predicted octanol–water partition coefficient (Wildman–Crippen LogP) is 1.84. The molecule has 1 heterocycles. The third-order valence-electron chi connectivity index (χ3n) is 3.58. The molecule has 0 bridgehead atoms. The molecule has 0 amide bonds. The summed E-state index contributed by atoms with van der Waals surface area (Å²) in [6, 6.07) is 20.3. The zero-order valence-electron chi connectivity index (χ0n) is 12.0. The van der Waals surface area contributed by atoms with Crippen molar-refractivity contribution in [3.05, 3.63) is 66.2 Å². The van der Waals surface area contributed by atoms with Crippen LogP contribution in [-0.4, -0.2) is 24.5 Å². The Kier molecular flexibility index (Phi) is 3.88. The molecule has 3 rings (SSSR count). The SMILES string of the molecule is CN(Cc1ccccc1)c1ccc2cc(BO)ccc2n1. The number of hydrogen-bond donors (Lipinski definition) is 1. The topological polar surface area (TPSA) is 36.4 Å². The zero-order chi connectivity index (χ0) is 14.7. The maximum atomic E-state index is 9.18. The third-order valence-corrected chi connectivity index (χ3v) is 3.58. The van der Waals surface area contributed by atoms with Gasteiger partial charge < -0.3 is 9.92 Å². The van der Waals surface area contributed by atoms with Crippen molar-refractivity contribution in [1.82, 2.24) is 4.98 Å². The fourth-order valence-corrected chi connectivity index (χ4v) is 2.41. The Morgan fingerprint density at radius 2 is 1.86 bits per heavy atom. The monoisotopic (exact) mass is 276 g/mol. The van der Waals surface area contributed by atoms with Crippen LogP contribution in [0.3, 0.4) is 0 Å². The van der Waals surface area contributed by atoms with Gasteiger partial charge in [-0.05, 0) is 29.1 Å². The summed E-state index contributed by atoms with van der Waals surface area (Å²) in [6.45, 7) is 0.827. The van der Waals surface area contributed by atoms with Gasteiger partial charge in [-0.1, -0.05) is 47.9 Å². The first-order valence-electron chi connectivity index (χ1n) is 7.02. The van der Waals surface area contributed by atoms with Gasteiger partial charge in [-0.15, -0.1) is 0 Å². The van der Waals surface area contributed by atoms with E-state index in [1.165, 1.54) is 5.56 Å². The van der Waals surface area contributed by atoms with Crippen molar-refractivity contribution >= 4 is 29.7 Å². The third kappa shape index (κ3) is 3.06. The van der Waals surface area contributed by atoms with Crippen molar-refractivity contribution < 1.29 is 5.02 Å². The van der Waals surface area contributed by atoms with E-state index in [2.05, 4.69) is 23.1 Å². The highest BCUT2D eigenvalue weighted by atomic mass is 16.2. The van der Waals surface area contributed by atoms with E-state index in [0.717, 1.165) is 28.7 Å². The lowest BCUT2D eigenvalue weighted by atomic mass is 9.88. The number of benzene rings is 2. The molecule has 4 heteroatoms. The molecular weight excluding hydrogens is 259 g/mol. The van der Waals surface area contributed by atoms with E-state index in [1.807, 2.05) is 49.5 Å². The van der Waals surface area contributed by atoms with Gasteiger partial charge in [-0.2, -0.15) is 0 Å².